The van der Waals surface area contributed by atoms with Crippen molar-refractivity contribution in [1.82, 2.24) is 0 Å². The highest BCUT2D eigenvalue weighted by atomic mass is 16.5. The molecule has 2 aromatic rings. The molecule has 0 radical (unpaired) electrons. The van der Waals surface area contributed by atoms with Crippen molar-refractivity contribution in [3.05, 3.63) is 59.7 Å². The van der Waals surface area contributed by atoms with Crippen LogP contribution in [0.5, 0.6) is 5.75 Å². The van der Waals surface area contributed by atoms with Crippen LogP contribution < -0.4 is 10.1 Å². The average molecular weight is 343 g/mol. The quantitative estimate of drug-likeness (QED) is 0.768. The number of nitrogens with one attached hydrogen (secondary N) is 1. The van der Waals surface area contributed by atoms with Crippen molar-refractivity contribution < 1.29 is 24.2 Å². The second-order valence-electron chi connectivity index (χ2n) is 5.71. The number of hydrogen-bond acceptors (Lipinski definition) is 4. The SMILES string of the molecule is CC(C)Oc1ccc(C(=O)O)cc1NC(=O)COCc1ccccc1. The molecule has 0 aliphatic carbocycles. The van der Waals surface area contributed by atoms with E-state index in [-0.39, 0.29) is 24.2 Å². The maximum absolute atomic E-state index is 12.1. The smallest absolute Gasteiger partial charge is 0.335 e. The number of carbonyl (C=O) groups is 2. The average Bonchev–Trinajstić information content (AvgIpc) is 2.57. The van der Waals surface area contributed by atoms with Gasteiger partial charge in [0.05, 0.1) is 24.0 Å². The van der Waals surface area contributed by atoms with E-state index < -0.39 is 5.97 Å². The highest BCUT2D eigenvalue weighted by molar-refractivity contribution is 5.96. The van der Waals surface area contributed by atoms with E-state index in [1.54, 1.807) is 0 Å². The second kappa shape index (κ2) is 8.84. The first-order chi connectivity index (χ1) is 12.0. The topological polar surface area (TPSA) is 84.9 Å². The highest BCUT2D eigenvalue weighted by Crippen LogP contribution is 2.27. The molecular weight excluding hydrogens is 322 g/mol. The molecule has 2 aromatic carbocycles. The monoisotopic (exact) mass is 343 g/mol. The third kappa shape index (κ3) is 5.93. The molecular formula is C19H21NO5. The molecule has 1 amide bonds. The van der Waals surface area contributed by atoms with Crippen molar-refractivity contribution in [1.29, 1.82) is 0 Å². The molecule has 132 valence electrons. The van der Waals surface area contributed by atoms with E-state index in [2.05, 4.69) is 5.32 Å². The first-order valence-corrected chi connectivity index (χ1v) is 7.91. The Morgan fingerprint density at radius 1 is 1.12 bits per heavy atom. The van der Waals surface area contributed by atoms with Gasteiger partial charge in [-0.3, -0.25) is 4.79 Å². The Balaban J connectivity index is 2.00. The van der Waals surface area contributed by atoms with E-state index in [0.717, 1.165) is 5.56 Å². The Morgan fingerprint density at radius 2 is 1.84 bits per heavy atom. The van der Waals surface area contributed by atoms with Gasteiger partial charge in [-0.25, -0.2) is 4.79 Å². The molecule has 0 aliphatic heterocycles. The summed E-state index contributed by atoms with van der Waals surface area (Å²) in [6, 6.07) is 13.8. The van der Waals surface area contributed by atoms with Crippen LogP contribution in [0.15, 0.2) is 48.5 Å². The highest BCUT2D eigenvalue weighted by Gasteiger charge is 2.13. The molecule has 0 saturated heterocycles. The summed E-state index contributed by atoms with van der Waals surface area (Å²) in [7, 11) is 0. The maximum Gasteiger partial charge on any atom is 0.335 e. The van der Waals surface area contributed by atoms with Crippen LogP contribution in [0.4, 0.5) is 5.69 Å². The number of amides is 1. The molecule has 0 aliphatic rings. The zero-order valence-electron chi connectivity index (χ0n) is 14.2. The van der Waals surface area contributed by atoms with E-state index in [9.17, 15) is 9.59 Å². The first kappa shape index (κ1) is 18.5. The Hall–Kier alpha value is -2.86. The molecule has 0 aromatic heterocycles. The summed E-state index contributed by atoms with van der Waals surface area (Å²) in [6.45, 7) is 3.87. The molecule has 2 N–H and O–H groups in total. The first-order valence-electron chi connectivity index (χ1n) is 7.91. The van der Waals surface area contributed by atoms with Gasteiger partial charge >= 0.3 is 5.97 Å². The largest absolute Gasteiger partial charge is 0.489 e. The minimum atomic E-state index is -1.08. The van der Waals surface area contributed by atoms with Crippen LogP contribution in [0.3, 0.4) is 0 Å². The van der Waals surface area contributed by atoms with Gasteiger partial charge in [0.2, 0.25) is 5.91 Å². The molecule has 0 unspecified atom stereocenters. The van der Waals surface area contributed by atoms with Crippen molar-refractivity contribution in [2.45, 2.75) is 26.6 Å². The van der Waals surface area contributed by atoms with Gasteiger partial charge in [0.1, 0.15) is 12.4 Å². The Bertz CT molecular complexity index is 728. The summed E-state index contributed by atoms with van der Waals surface area (Å²) in [5.74, 6) is -1.05. The van der Waals surface area contributed by atoms with Crippen molar-refractivity contribution >= 4 is 17.6 Å². The molecule has 6 heteroatoms. The number of rotatable bonds is 8. The van der Waals surface area contributed by atoms with Crippen LogP contribution >= 0.6 is 0 Å². The van der Waals surface area contributed by atoms with E-state index >= 15 is 0 Å². The lowest BCUT2D eigenvalue weighted by Crippen LogP contribution is -2.19. The molecule has 0 heterocycles. The third-order valence-corrected chi connectivity index (χ3v) is 3.21. The predicted molar refractivity (Wildman–Crippen MR) is 93.9 cm³/mol. The van der Waals surface area contributed by atoms with Crippen LogP contribution in [0.25, 0.3) is 0 Å². The van der Waals surface area contributed by atoms with Crippen LogP contribution in [0.1, 0.15) is 29.8 Å². The summed E-state index contributed by atoms with van der Waals surface area (Å²) in [6.07, 6.45) is -0.110. The number of aromatic carboxylic acids is 1. The van der Waals surface area contributed by atoms with Gasteiger partial charge in [-0.2, -0.15) is 0 Å². The summed E-state index contributed by atoms with van der Waals surface area (Å²) < 4.78 is 11.0. The number of anilines is 1. The van der Waals surface area contributed by atoms with Crippen LogP contribution in [-0.2, 0) is 16.1 Å². The zero-order chi connectivity index (χ0) is 18.2. The standard InChI is InChI=1S/C19H21NO5/c1-13(2)25-17-9-8-15(19(22)23)10-16(17)20-18(21)12-24-11-14-6-4-3-5-7-14/h3-10,13H,11-12H2,1-2H3,(H,20,21)(H,22,23). The van der Waals surface area contributed by atoms with Gasteiger partial charge in [0, 0.05) is 0 Å². The Kier molecular flexibility index (Phi) is 6.54. The fraction of sp³-hybridized carbons (Fsp3) is 0.263. The molecule has 25 heavy (non-hydrogen) atoms. The lowest BCUT2D eigenvalue weighted by Gasteiger charge is -2.15. The Labute approximate surface area is 146 Å². The summed E-state index contributed by atoms with van der Waals surface area (Å²) >= 11 is 0. The van der Waals surface area contributed by atoms with E-state index in [1.165, 1.54) is 18.2 Å². The number of carboxylic acid groups (broad SMARTS) is 1. The van der Waals surface area contributed by atoms with Crippen molar-refractivity contribution in [2.24, 2.45) is 0 Å². The number of carbonyl (C=O) groups excluding carboxylic acids is 1. The fourth-order valence-corrected chi connectivity index (χ4v) is 2.14. The second-order valence-corrected chi connectivity index (χ2v) is 5.71. The van der Waals surface area contributed by atoms with Crippen LogP contribution in [0, 0.1) is 0 Å². The molecule has 0 bridgehead atoms. The number of benzene rings is 2. The molecule has 0 fully saturated rings. The molecule has 6 nitrogen and oxygen atoms in total. The fourth-order valence-electron chi connectivity index (χ4n) is 2.14. The number of ether oxygens (including phenoxy) is 2. The summed E-state index contributed by atoms with van der Waals surface area (Å²) in [5.41, 5.74) is 1.34. The van der Waals surface area contributed by atoms with E-state index in [4.69, 9.17) is 14.6 Å². The molecule has 0 atom stereocenters. The molecule has 0 saturated carbocycles. The van der Waals surface area contributed by atoms with Gasteiger partial charge in [-0.15, -0.1) is 0 Å². The Morgan fingerprint density at radius 3 is 2.48 bits per heavy atom. The minimum Gasteiger partial charge on any atom is -0.489 e. The molecule has 2 rings (SSSR count). The summed E-state index contributed by atoms with van der Waals surface area (Å²) in [5, 5.41) is 11.8. The predicted octanol–water partition coefficient (Wildman–Crippen LogP) is 3.33. The van der Waals surface area contributed by atoms with E-state index in [1.807, 2.05) is 44.2 Å². The van der Waals surface area contributed by atoms with Gasteiger partial charge in [-0.05, 0) is 37.6 Å². The number of carboxylic acids is 1. The van der Waals surface area contributed by atoms with Crippen LogP contribution in [0.2, 0.25) is 0 Å². The summed E-state index contributed by atoms with van der Waals surface area (Å²) in [4.78, 5) is 23.2. The van der Waals surface area contributed by atoms with Gasteiger partial charge < -0.3 is 19.9 Å². The maximum atomic E-state index is 12.1. The normalized spacial score (nSPS) is 10.5. The van der Waals surface area contributed by atoms with Crippen molar-refractivity contribution in [3.8, 4) is 5.75 Å². The third-order valence-electron chi connectivity index (χ3n) is 3.21. The zero-order valence-corrected chi connectivity index (χ0v) is 14.2. The van der Waals surface area contributed by atoms with Crippen LogP contribution in [-0.4, -0.2) is 29.7 Å². The van der Waals surface area contributed by atoms with Gasteiger partial charge in [0.15, 0.2) is 0 Å². The lowest BCUT2D eigenvalue weighted by molar-refractivity contribution is -0.121. The van der Waals surface area contributed by atoms with E-state index in [0.29, 0.717) is 18.0 Å². The lowest BCUT2D eigenvalue weighted by atomic mass is 10.2. The minimum absolute atomic E-state index is 0.0663. The van der Waals surface area contributed by atoms with Gasteiger partial charge in [0.25, 0.3) is 0 Å². The molecule has 0 spiro atoms. The van der Waals surface area contributed by atoms with Crippen molar-refractivity contribution in [3.63, 3.8) is 0 Å². The van der Waals surface area contributed by atoms with Crippen molar-refractivity contribution in [2.75, 3.05) is 11.9 Å². The number of hydrogen-bond donors (Lipinski definition) is 2. The van der Waals surface area contributed by atoms with Gasteiger partial charge in [-0.1, -0.05) is 30.3 Å².